The number of carbonyl (C=O) groups is 1. The first kappa shape index (κ1) is 16.8. The van der Waals surface area contributed by atoms with Gasteiger partial charge in [0.05, 0.1) is 28.7 Å². The fourth-order valence-corrected chi connectivity index (χ4v) is 6.94. The minimum Gasteiger partial charge on any atom is -0.348 e. The average Bonchev–Trinajstić information content (AvgIpc) is 3.51. The van der Waals surface area contributed by atoms with E-state index in [1.807, 2.05) is 18.2 Å². The van der Waals surface area contributed by atoms with Crippen molar-refractivity contribution >= 4 is 49.5 Å². The smallest absolute Gasteiger partial charge is 0.252 e. The first-order chi connectivity index (χ1) is 15.6. The van der Waals surface area contributed by atoms with Gasteiger partial charge in [-0.15, -0.1) is 0 Å². The van der Waals surface area contributed by atoms with Crippen LogP contribution < -0.4 is 11.1 Å². The molecule has 3 aromatic carbocycles. The maximum Gasteiger partial charge on any atom is 0.252 e. The van der Waals surface area contributed by atoms with Crippen LogP contribution in [0.25, 0.3) is 43.6 Å². The summed E-state index contributed by atoms with van der Waals surface area (Å²) in [5.74, 6) is 0.00115. The molecule has 3 N–H and O–H groups in total. The van der Waals surface area contributed by atoms with E-state index in [1.165, 1.54) is 0 Å². The Balaban J connectivity index is 1.77. The standard InChI is InChI=1S/C26H19N5O/c27-12-26(28)10-13-9-19(26)31-18-8-4-1-5-14(18)20-16-11-29-25(32)22(16)21-15-6-2-3-7-17(15)30(13)24(21)23(20)31/h1-8,13,19H,9-11,28H2,(H,29,32)/t13-,19-,26+/m1/s1. The zero-order valence-electron chi connectivity index (χ0n) is 17.2. The van der Waals surface area contributed by atoms with Crippen LogP contribution in [-0.4, -0.2) is 20.6 Å². The third kappa shape index (κ3) is 1.62. The largest absolute Gasteiger partial charge is 0.348 e. The van der Waals surface area contributed by atoms with Crippen LogP contribution in [-0.2, 0) is 6.54 Å². The van der Waals surface area contributed by atoms with Crippen LogP contribution in [0.1, 0.15) is 40.8 Å². The van der Waals surface area contributed by atoms with Gasteiger partial charge in [-0.05, 0) is 24.1 Å². The minimum atomic E-state index is -0.943. The maximum atomic E-state index is 13.1. The summed E-state index contributed by atoms with van der Waals surface area (Å²) in [6.07, 6.45) is 1.40. The molecule has 6 nitrogen and oxygen atoms in total. The molecule has 0 saturated heterocycles. The first-order valence-corrected chi connectivity index (χ1v) is 11.1. The normalized spacial score (nSPS) is 25.7. The highest BCUT2D eigenvalue weighted by molar-refractivity contribution is 6.31. The van der Waals surface area contributed by atoms with E-state index < -0.39 is 5.54 Å². The topological polar surface area (TPSA) is 88.8 Å². The summed E-state index contributed by atoms with van der Waals surface area (Å²) in [7, 11) is 0. The number of nitriles is 1. The zero-order chi connectivity index (χ0) is 21.4. The highest BCUT2D eigenvalue weighted by atomic mass is 16.1. The van der Waals surface area contributed by atoms with Gasteiger partial charge in [0, 0.05) is 51.6 Å². The summed E-state index contributed by atoms with van der Waals surface area (Å²) in [6.45, 7) is 0.522. The van der Waals surface area contributed by atoms with Crippen LogP contribution in [0.15, 0.2) is 48.5 Å². The number of nitrogens with zero attached hydrogens (tertiary/aromatic N) is 3. The lowest BCUT2D eigenvalue weighted by Gasteiger charge is -2.28. The van der Waals surface area contributed by atoms with Gasteiger partial charge in [0.2, 0.25) is 0 Å². The number of amides is 1. The molecule has 0 spiro atoms. The number of carbonyl (C=O) groups excluding carboxylic acids is 1. The Kier molecular flexibility index (Phi) is 2.70. The predicted molar refractivity (Wildman–Crippen MR) is 123 cm³/mol. The maximum absolute atomic E-state index is 13.1. The van der Waals surface area contributed by atoms with Crippen LogP contribution in [0, 0.1) is 11.3 Å². The Hall–Kier alpha value is -3.82. The van der Waals surface area contributed by atoms with E-state index in [2.05, 4.69) is 50.9 Å². The van der Waals surface area contributed by atoms with Crippen LogP contribution in [0.2, 0.25) is 0 Å². The molecule has 2 aliphatic heterocycles. The lowest BCUT2D eigenvalue weighted by molar-refractivity contribution is 0.0967. The third-order valence-electron chi connectivity index (χ3n) is 8.10. The number of fused-ring (bicyclic) bond motifs is 13. The van der Waals surface area contributed by atoms with E-state index in [0.29, 0.717) is 13.0 Å². The second-order valence-electron chi connectivity index (χ2n) is 9.52. The molecule has 154 valence electrons. The molecule has 32 heavy (non-hydrogen) atoms. The molecule has 3 aliphatic rings. The Morgan fingerprint density at radius 1 is 1.00 bits per heavy atom. The Labute approximate surface area is 182 Å². The second-order valence-corrected chi connectivity index (χ2v) is 9.52. The van der Waals surface area contributed by atoms with Gasteiger partial charge in [0.1, 0.15) is 5.54 Å². The number of para-hydroxylation sites is 2. The fourth-order valence-electron chi connectivity index (χ4n) is 6.94. The summed E-state index contributed by atoms with van der Waals surface area (Å²) in [6, 6.07) is 19.2. The summed E-state index contributed by atoms with van der Waals surface area (Å²) >= 11 is 0. The van der Waals surface area contributed by atoms with E-state index in [-0.39, 0.29) is 18.0 Å². The highest BCUT2D eigenvalue weighted by Crippen LogP contribution is 2.55. The van der Waals surface area contributed by atoms with Crippen molar-refractivity contribution in [2.45, 2.75) is 37.0 Å². The van der Waals surface area contributed by atoms with E-state index in [9.17, 15) is 10.1 Å². The molecule has 1 aliphatic carbocycles. The molecular formula is C26H19N5O. The van der Waals surface area contributed by atoms with Gasteiger partial charge in [-0.3, -0.25) is 4.79 Å². The Morgan fingerprint density at radius 2 is 1.66 bits per heavy atom. The number of nitrogens with one attached hydrogen (secondary N) is 1. The minimum absolute atomic E-state index is 0.00115. The summed E-state index contributed by atoms with van der Waals surface area (Å²) in [4.78, 5) is 13.1. The molecule has 1 fully saturated rings. The first-order valence-electron chi connectivity index (χ1n) is 11.1. The van der Waals surface area contributed by atoms with Gasteiger partial charge in [-0.2, -0.15) is 5.26 Å². The van der Waals surface area contributed by atoms with Crippen molar-refractivity contribution < 1.29 is 4.79 Å². The van der Waals surface area contributed by atoms with E-state index >= 15 is 0 Å². The van der Waals surface area contributed by atoms with Crippen molar-refractivity contribution in [2.75, 3.05) is 0 Å². The molecule has 3 atom stereocenters. The number of hydrogen-bond acceptors (Lipinski definition) is 3. The molecule has 4 heterocycles. The molecule has 8 rings (SSSR count). The quantitative estimate of drug-likeness (QED) is 0.395. The van der Waals surface area contributed by atoms with Crippen molar-refractivity contribution in [1.82, 2.24) is 14.5 Å². The van der Waals surface area contributed by atoms with Crippen molar-refractivity contribution in [3.05, 3.63) is 59.7 Å². The number of hydrogen-bond donors (Lipinski definition) is 2. The molecule has 0 radical (unpaired) electrons. The van der Waals surface area contributed by atoms with Crippen LogP contribution >= 0.6 is 0 Å². The monoisotopic (exact) mass is 417 g/mol. The van der Waals surface area contributed by atoms with Gasteiger partial charge in [-0.25, -0.2) is 0 Å². The van der Waals surface area contributed by atoms with Gasteiger partial charge in [0.25, 0.3) is 5.91 Å². The molecule has 2 bridgehead atoms. The van der Waals surface area contributed by atoms with Crippen molar-refractivity contribution in [2.24, 2.45) is 5.73 Å². The van der Waals surface area contributed by atoms with Gasteiger partial charge in [-0.1, -0.05) is 36.4 Å². The highest BCUT2D eigenvalue weighted by Gasteiger charge is 2.50. The molecule has 1 saturated carbocycles. The predicted octanol–water partition coefficient (Wildman–Crippen LogP) is 4.26. The lowest BCUT2D eigenvalue weighted by atomic mass is 9.94. The third-order valence-corrected chi connectivity index (χ3v) is 8.10. The van der Waals surface area contributed by atoms with Crippen LogP contribution in [0.3, 0.4) is 0 Å². The van der Waals surface area contributed by atoms with Crippen molar-refractivity contribution in [1.29, 1.82) is 5.26 Å². The summed E-state index contributed by atoms with van der Waals surface area (Å²) in [5.41, 5.74) is 12.2. The fraction of sp³-hybridized carbons (Fsp3) is 0.231. The number of aromatic nitrogens is 2. The molecule has 0 unspecified atom stereocenters. The molecule has 1 amide bonds. The lowest BCUT2D eigenvalue weighted by Crippen LogP contribution is -2.43. The molecule has 2 aromatic heterocycles. The second kappa shape index (κ2) is 5.14. The van der Waals surface area contributed by atoms with Gasteiger partial charge in [0.15, 0.2) is 0 Å². The van der Waals surface area contributed by atoms with Crippen LogP contribution in [0.5, 0.6) is 0 Å². The number of rotatable bonds is 0. The molecule has 5 aromatic rings. The van der Waals surface area contributed by atoms with E-state index in [0.717, 1.165) is 61.2 Å². The van der Waals surface area contributed by atoms with Crippen LogP contribution in [0.4, 0.5) is 0 Å². The summed E-state index contributed by atoms with van der Waals surface area (Å²) < 4.78 is 4.72. The van der Waals surface area contributed by atoms with E-state index in [1.54, 1.807) is 0 Å². The Bertz CT molecular complexity index is 1750. The molecular weight excluding hydrogens is 398 g/mol. The average molecular weight is 417 g/mol. The van der Waals surface area contributed by atoms with Gasteiger partial charge >= 0.3 is 0 Å². The summed E-state index contributed by atoms with van der Waals surface area (Å²) in [5, 5.41) is 17.6. The number of nitrogens with two attached hydrogens (primary N) is 1. The number of benzene rings is 3. The van der Waals surface area contributed by atoms with Crippen molar-refractivity contribution in [3.63, 3.8) is 0 Å². The zero-order valence-corrected chi connectivity index (χ0v) is 17.2. The van der Waals surface area contributed by atoms with Crippen molar-refractivity contribution in [3.8, 4) is 6.07 Å². The SMILES string of the molecule is N#C[C@@]1(N)C[C@H]2C[C@H]1n1c3ccccc3c3c4c(c5c6ccccc6n2c5c31)C(=O)NC4. The van der Waals surface area contributed by atoms with Gasteiger partial charge < -0.3 is 20.2 Å². The Morgan fingerprint density at radius 3 is 2.41 bits per heavy atom. The molecule has 6 heteroatoms. The van der Waals surface area contributed by atoms with E-state index in [4.69, 9.17) is 5.73 Å².